The summed E-state index contributed by atoms with van der Waals surface area (Å²) in [5.41, 5.74) is 2.53. The summed E-state index contributed by atoms with van der Waals surface area (Å²) in [6.45, 7) is 5.46. The number of nitrogens with zero attached hydrogens (tertiary/aromatic N) is 2. The van der Waals surface area contributed by atoms with Crippen molar-refractivity contribution >= 4 is 46.2 Å². The van der Waals surface area contributed by atoms with Crippen LogP contribution in [0.5, 0.6) is 5.75 Å². The van der Waals surface area contributed by atoms with Crippen molar-refractivity contribution in [3.8, 4) is 16.2 Å². The molecular weight excluding hydrogens is 486 g/mol. The number of benzene rings is 2. The van der Waals surface area contributed by atoms with Crippen molar-refractivity contribution in [2.75, 3.05) is 56.7 Å². The van der Waals surface area contributed by atoms with Gasteiger partial charge in [0, 0.05) is 41.8 Å². The molecule has 35 heavy (non-hydrogen) atoms. The summed E-state index contributed by atoms with van der Waals surface area (Å²) in [6.07, 6.45) is 0. The maximum Gasteiger partial charge on any atom is 0.350 e. The number of hydrogen-bond acceptors (Lipinski definition) is 7. The van der Waals surface area contributed by atoms with Crippen LogP contribution in [0.1, 0.15) is 16.6 Å². The molecule has 1 fully saturated rings. The maximum absolute atomic E-state index is 12.9. The zero-order valence-corrected chi connectivity index (χ0v) is 21.3. The van der Waals surface area contributed by atoms with E-state index in [0.717, 1.165) is 48.1 Å². The molecule has 4 rings (SSSR count). The fraction of sp³-hybridized carbons (Fsp3) is 0.308. The van der Waals surface area contributed by atoms with Crippen LogP contribution in [0.2, 0.25) is 5.02 Å². The van der Waals surface area contributed by atoms with Gasteiger partial charge in [0.15, 0.2) is 0 Å². The predicted molar refractivity (Wildman–Crippen MR) is 141 cm³/mol. The number of thiophene rings is 1. The highest BCUT2D eigenvalue weighted by atomic mass is 35.5. The average molecular weight is 514 g/mol. The first-order valence-corrected chi connectivity index (χ1v) is 12.6. The van der Waals surface area contributed by atoms with Crippen LogP contribution in [-0.2, 0) is 9.53 Å². The first kappa shape index (κ1) is 25.0. The number of carbonyl (C=O) groups is 2. The van der Waals surface area contributed by atoms with Gasteiger partial charge in [-0.15, -0.1) is 11.3 Å². The predicted octanol–water partition coefficient (Wildman–Crippen LogP) is 5.01. The molecule has 2 heterocycles. The standard InChI is InChI=1S/C26H28ClN3O4S/c1-3-34-26(32)25-22(16-23(35-25)18-4-6-19(27)7-5-18)28-24(31)17-29-12-14-30(15-13-29)20-8-10-21(33-2)11-9-20/h4-11,16H,3,12-15,17H2,1-2H3,(H,28,31). The first-order chi connectivity index (χ1) is 17.0. The lowest BCUT2D eigenvalue weighted by molar-refractivity contribution is -0.117. The van der Waals surface area contributed by atoms with Gasteiger partial charge < -0.3 is 19.7 Å². The molecule has 1 saturated heterocycles. The minimum absolute atomic E-state index is 0.158. The molecule has 1 aliphatic rings. The molecule has 0 spiro atoms. The topological polar surface area (TPSA) is 71.1 Å². The minimum atomic E-state index is -0.443. The lowest BCUT2D eigenvalue weighted by Gasteiger charge is -2.35. The quantitative estimate of drug-likeness (QED) is 0.427. The second-order valence-electron chi connectivity index (χ2n) is 8.09. The van der Waals surface area contributed by atoms with E-state index in [1.165, 1.54) is 11.3 Å². The third-order valence-corrected chi connectivity index (χ3v) is 7.19. The molecule has 184 valence electrons. The molecule has 1 N–H and O–H groups in total. The number of hydrogen-bond donors (Lipinski definition) is 1. The van der Waals surface area contributed by atoms with Crippen LogP contribution < -0.4 is 15.0 Å². The van der Waals surface area contributed by atoms with E-state index in [1.807, 2.05) is 42.5 Å². The maximum atomic E-state index is 12.9. The Balaban J connectivity index is 1.39. The van der Waals surface area contributed by atoms with Crippen LogP contribution in [0.15, 0.2) is 54.6 Å². The minimum Gasteiger partial charge on any atom is -0.497 e. The molecule has 9 heteroatoms. The van der Waals surface area contributed by atoms with Gasteiger partial charge in [0.2, 0.25) is 5.91 Å². The lowest BCUT2D eigenvalue weighted by atomic mass is 10.2. The third-order valence-electron chi connectivity index (χ3n) is 5.77. The Labute approximate surface area is 214 Å². The molecule has 7 nitrogen and oxygen atoms in total. The van der Waals surface area contributed by atoms with E-state index >= 15 is 0 Å². The number of ether oxygens (including phenoxy) is 2. The van der Waals surface area contributed by atoms with E-state index in [9.17, 15) is 9.59 Å². The lowest BCUT2D eigenvalue weighted by Crippen LogP contribution is -2.48. The van der Waals surface area contributed by atoms with E-state index in [2.05, 4.69) is 15.1 Å². The molecular formula is C26H28ClN3O4S. The zero-order valence-electron chi connectivity index (χ0n) is 19.8. The zero-order chi connectivity index (χ0) is 24.8. The fourth-order valence-corrected chi connectivity index (χ4v) is 5.08. The summed E-state index contributed by atoms with van der Waals surface area (Å²) in [5.74, 6) is 0.230. The summed E-state index contributed by atoms with van der Waals surface area (Å²) in [5, 5.41) is 3.57. The van der Waals surface area contributed by atoms with Gasteiger partial charge in [-0.05, 0) is 55.0 Å². The van der Waals surface area contributed by atoms with Gasteiger partial charge in [0.05, 0.1) is 25.9 Å². The Morgan fingerprint density at radius 3 is 2.34 bits per heavy atom. The largest absolute Gasteiger partial charge is 0.497 e. The van der Waals surface area contributed by atoms with Crippen LogP contribution in [0.3, 0.4) is 0 Å². The molecule has 1 aliphatic heterocycles. The monoisotopic (exact) mass is 513 g/mol. The van der Waals surface area contributed by atoms with E-state index < -0.39 is 5.97 Å². The molecule has 0 saturated carbocycles. The van der Waals surface area contributed by atoms with Crippen molar-refractivity contribution in [1.29, 1.82) is 0 Å². The van der Waals surface area contributed by atoms with E-state index in [1.54, 1.807) is 26.2 Å². The molecule has 0 bridgehead atoms. The summed E-state index contributed by atoms with van der Waals surface area (Å²) in [4.78, 5) is 31.1. The third kappa shape index (κ3) is 6.33. The SMILES string of the molecule is CCOC(=O)c1sc(-c2ccc(Cl)cc2)cc1NC(=O)CN1CCN(c2ccc(OC)cc2)CC1. The molecule has 3 aromatic rings. The van der Waals surface area contributed by atoms with E-state index in [-0.39, 0.29) is 19.1 Å². The van der Waals surface area contributed by atoms with Crippen molar-refractivity contribution in [1.82, 2.24) is 4.90 Å². The highest BCUT2D eigenvalue weighted by Gasteiger charge is 2.23. The van der Waals surface area contributed by atoms with Crippen molar-refractivity contribution < 1.29 is 19.1 Å². The first-order valence-electron chi connectivity index (χ1n) is 11.4. The highest BCUT2D eigenvalue weighted by Crippen LogP contribution is 2.36. The highest BCUT2D eigenvalue weighted by molar-refractivity contribution is 7.18. The van der Waals surface area contributed by atoms with E-state index in [4.69, 9.17) is 21.1 Å². The average Bonchev–Trinajstić information content (AvgIpc) is 3.29. The van der Waals surface area contributed by atoms with Crippen molar-refractivity contribution in [3.63, 3.8) is 0 Å². The number of methoxy groups -OCH3 is 1. The van der Waals surface area contributed by atoms with Gasteiger partial charge in [-0.2, -0.15) is 0 Å². The van der Waals surface area contributed by atoms with Gasteiger partial charge in [-0.1, -0.05) is 23.7 Å². The van der Waals surface area contributed by atoms with E-state index in [0.29, 0.717) is 15.6 Å². The summed E-state index contributed by atoms with van der Waals surface area (Å²) < 4.78 is 10.4. The number of halogens is 1. The van der Waals surface area contributed by atoms with Gasteiger partial charge in [-0.25, -0.2) is 4.79 Å². The molecule has 2 aromatic carbocycles. The summed E-state index contributed by atoms with van der Waals surface area (Å²) in [7, 11) is 1.66. The Kier molecular flexibility index (Phi) is 8.28. The number of piperazine rings is 1. The number of nitrogens with one attached hydrogen (secondary N) is 1. The molecule has 0 aliphatic carbocycles. The van der Waals surface area contributed by atoms with Gasteiger partial charge in [0.1, 0.15) is 10.6 Å². The van der Waals surface area contributed by atoms with Crippen molar-refractivity contribution in [2.24, 2.45) is 0 Å². The Bertz CT molecular complexity index is 1160. The molecule has 0 atom stereocenters. The van der Waals surface area contributed by atoms with Crippen LogP contribution in [0.4, 0.5) is 11.4 Å². The number of amides is 1. The van der Waals surface area contributed by atoms with Crippen molar-refractivity contribution in [3.05, 3.63) is 64.5 Å². The van der Waals surface area contributed by atoms with Gasteiger partial charge in [0.25, 0.3) is 0 Å². The number of carbonyl (C=O) groups excluding carboxylic acids is 2. The van der Waals surface area contributed by atoms with Gasteiger partial charge in [-0.3, -0.25) is 9.69 Å². The number of rotatable bonds is 8. The summed E-state index contributed by atoms with van der Waals surface area (Å²) in [6, 6.07) is 17.2. The van der Waals surface area contributed by atoms with Gasteiger partial charge >= 0.3 is 5.97 Å². The molecule has 1 aromatic heterocycles. The number of anilines is 2. The van der Waals surface area contributed by atoms with Crippen LogP contribution in [0.25, 0.3) is 10.4 Å². The fourth-order valence-electron chi connectivity index (χ4n) is 3.94. The smallest absolute Gasteiger partial charge is 0.350 e. The Hall–Kier alpha value is -3.07. The Morgan fingerprint density at radius 1 is 1.03 bits per heavy atom. The van der Waals surface area contributed by atoms with Crippen LogP contribution >= 0.6 is 22.9 Å². The molecule has 0 radical (unpaired) electrons. The molecule has 0 unspecified atom stereocenters. The Morgan fingerprint density at radius 2 is 1.71 bits per heavy atom. The second-order valence-corrected chi connectivity index (χ2v) is 9.58. The van der Waals surface area contributed by atoms with Crippen molar-refractivity contribution in [2.45, 2.75) is 6.92 Å². The van der Waals surface area contributed by atoms with Crippen LogP contribution in [-0.4, -0.2) is 63.2 Å². The van der Waals surface area contributed by atoms with Crippen LogP contribution in [0, 0.1) is 0 Å². The molecule has 1 amide bonds. The second kappa shape index (κ2) is 11.6. The summed E-state index contributed by atoms with van der Waals surface area (Å²) >= 11 is 7.30. The number of esters is 1. The normalized spacial score (nSPS) is 14.0.